The van der Waals surface area contributed by atoms with Crippen molar-refractivity contribution in [3.63, 3.8) is 0 Å². The Balaban J connectivity index is 2.08. The maximum atomic E-state index is 6.15. The highest BCUT2D eigenvalue weighted by Crippen LogP contribution is 2.36. The molecule has 0 aliphatic heterocycles. The van der Waals surface area contributed by atoms with Gasteiger partial charge >= 0.3 is 0 Å². The predicted molar refractivity (Wildman–Crippen MR) is 79.2 cm³/mol. The van der Waals surface area contributed by atoms with E-state index in [0.29, 0.717) is 5.04 Å². The van der Waals surface area contributed by atoms with Crippen molar-refractivity contribution < 1.29 is 4.43 Å². The van der Waals surface area contributed by atoms with Gasteiger partial charge in [-0.1, -0.05) is 20.8 Å². The number of aromatic nitrogens is 2. The van der Waals surface area contributed by atoms with E-state index in [9.17, 15) is 0 Å². The molecule has 3 nitrogen and oxygen atoms in total. The standard InChI is InChI=1S/C14H28N2OSi/c1-14(2,3)18(4,5)17-12-8-6-7-10-16-11-9-15-13-16/h9,11,13H,6-8,10,12H2,1-5H3. The normalized spacial score (nSPS) is 12.9. The van der Waals surface area contributed by atoms with E-state index in [4.69, 9.17) is 4.43 Å². The molecule has 0 aliphatic carbocycles. The fourth-order valence-corrected chi connectivity index (χ4v) is 2.62. The topological polar surface area (TPSA) is 27.1 Å². The predicted octanol–water partition coefficient (Wildman–Crippen LogP) is 4.08. The molecule has 0 saturated carbocycles. The largest absolute Gasteiger partial charge is 0.417 e. The van der Waals surface area contributed by atoms with Crippen molar-refractivity contribution >= 4 is 8.32 Å². The van der Waals surface area contributed by atoms with E-state index in [0.717, 1.165) is 13.2 Å². The minimum Gasteiger partial charge on any atom is -0.417 e. The van der Waals surface area contributed by atoms with Crippen LogP contribution in [0.3, 0.4) is 0 Å². The Hall–Kier alpha value is -0.613. The van der Waals surface area contributed by atoms with Gasteiger partial charge in [-0.2, -0.15) is 0 Å². The molecule has 0 radical (unpaired) electrons. The monoisotopic (exact) mass is 268 g/mol. The summed E-state index contributed by atoms with van der Waals surface area (Å²) in [6.45, 7) is 13.5. The van der Waals surface area contributed by atoms with E-state index < -0.39 is 8.32 Å². The van der Waals surface area contributed by atoms with Crippen molar-refractivity contribution in [3.8, 4) is 0 Å². The second kappa shape index (κ2) is 6.52. The Kier molecular flexibility index (Phi) is 5.60. The van der Waals surface area contributed by atoms with Crippen molar-refractivity contribution in [1.82, 2.24) is 9.55 Å². The zero-order chi connectivity index (χ0) is 13.6. The van der Waals surface area contributed by atoms with Gasteiger partial charge in [-0.25, -0.2) is 4.98 Å². The molecule has 0 bridgehead atoms. The molecule has 18 heavy (non-hydrogen) atoms. The SMILES string of the molecule is CC(C)(C)[Si](C)(C)OCCCCCn1ccnc1. The second-order valence-corrected chi connectivity index (χ2v) is 11.3. The van der Waals surface area contributed by atoms with Gasteiger partial charge < -0.3 is 8.99 Å². The fraction of sp³-hybridized carbons (Fsp3) is 0.786. The minimum atomic E-state index is -1.53. The van der Waals surface area contributed by atoms with Crippen LogP contribution in [0.25, 0.3) is 0 Å². The Labute approximate surface area is 113 Å². The van der Waals surface area contributed by atoms with Gasteiger partial charge in [-0.3, -0.25) is 0 Å². The number of aryl methyl sites for hydroxylation is 1. The smallest absolute Gasteiger partial charge is 0.191 e. The first-order chi connectivity index (χ1) is 8.33. The lowest BCUT2D eigenvalue weighted by atomic mass is 10.2. The Morgan fingerprint density at radius 2 is 1.89 bits per heavy atom. The summed E-state index contributed by atoms with van der Waals surface area (Å²) < 4.78 is 8.28. The average molecular weight is 268 g/mol. The van der Waals surface area contributed by atoms with Gasteiger partial charge in [0, 0.05) is 25.5 Å². The lowest BCUT2D eigenvalue weighted by Crippen LogP contribution is -2.40. The molecule has 0 aliphatic rings. The van der Waals surface area contributed by atoms with Crippen molar-refractivity contribution in [3.05, 3.63) is 18.7 Å². The van der Waals surface area contributed by atoms with Crippen molar-refractivity contribution in [1.29, 1.82) is 0 Å². The second-order valence-electron chi connectivity index (χ2n) is 6.47. The zero-order valence-corrected chi connectivity index (χ0v) is 13.6. The Morgan fingerprint density at radius 1 is 1.17 bits per heavy atom. The van der Waals surface area contributed by atoms with E-state index in [1.165, 1.54) is 19.3 Å². The van der Waals surface area contributed by atoms with Crippen LogP contribution in [0.4, 0.5) is 0 Å². The number of hydrogen-bond donors (Lipinski definition) is 0. The van der Waals surface area contributed by atoms with E-state index in [1.54, 1.807) is 0 Å². The highest BCUT2D eigenvalue weighted by atomic mass is 28.4. The molecular weight excluding hydrogens is 240 g/mol. The summed E-state index contributed by atoms with van der Waals surface area (Å²) in [4.78, 5) is 4.04. The van der Waals surface area contributed by atoms with Gasteiger partial charge in [0.25, 0.3) is 0 Å². The van der Waals surface area contributed by atoms with Crippen molar-refractivity contribution in [2.24, 2.45) is 0 Å². The minimum absolute atomic E-state index is 0.323. The summed E-state index contributed by atoms with van der Waals surface area (Å²) in [6, 6.07) is 0. The highest BCUT2D eigenvalue weighted by Gasteiger charge is 2.36. The summed E-state index contributed by atoms with van der Waals surface area (Å²) in [7, 11) is -1.53. The number of imidazole rings is 1. The number of hydrogen-bond acceptors (Lipinski definition) is 2. The molecule has 0 spiro atoms. The quantitative estimate of drug-likeness (QED) is 0.550. The molecule has 1 heterocycles. The first-order valence-corrected chi connectivity index (χ1v) is 9.83. The van der Waals surface area contributed by atoms with Gasteiger partial charge in [0.15, 0.2) is 8.32 Å². The van der Waals surface area contributed by atoms with Crippen LogP contribution in [-0.4, -0.2) is 24.5 Å². The summed E-state index contributed by atoms with van der Waals surface area (Å²) >= 11 is 0. The molecule has 0 fully saturated rings. The molecule has 0 unspecified atom stereocenters. The third-order valence-electron chi connectivity index (χ3n) is 3.89. The Morgan fingerprint density at radius 3 is 2.44 bits per heavy atom. The molecule has 1 aromatic heterocycles. The van der Waals surface area contributed by atoms with Crippen LogP contribution in [0.1, 0.15) is 40.0 Å². The number of unbranched alkanes of at least 4 members (excludes halogenated alkanes) is 2. The van der Waals surface area contributed by atoms with E-state index in [1.807, 2.05) is 18.7 Å². The molecule has 0 saturated heterocycles. The maximum Gasteiger partial charge on any atom is 0.191 e. The van der Waals surface area contributed by atoms with E-state index in [2.05, 4.69) is 43.4 Å². The molecule has 104 valence electrons. The van der Waals surface area contributed by atoms with Gasteiger partial charge in [0.2, 0.25) is 0 Å². The van der Waals surface area contributed by atoms with Crippen LogP contribution in [0.15, 0.2) is 18.7 Å². The third-order valence-corrected chi connectivity index (χ3v) is 8.43. The van der Waals surface area contributed by atoms with E-state index >= 15 is 0 Å². The van der Waals surface area contributed by atoms with Crippen LogP contribution in [-0.2, 0) is 11.0 Å². The molecule has 0 N–H and O–H groups in total. The number of rotatable bonds is 7. The van der Waals surface area contributed by atoms with Crippen molar-refractivity contribution in [2.75, 3.05) is 6.61 Å². The third kappa shape index (κ3) is 4.94. The molecule has 0 amide bonds. The highest BCUT2D eigenvalue weighted by molar-refractivity contribution is 6.74. The maximum absolute atomic E-state index is 6.15. The summed E-state index contributed by atoms with van der Waals surface area (Å²) in [5, 5.41) is 0.323. The fourth-order valence-electron chi connectivity index (χ4n) is 1.54. The van der Waals surface area contributed by atoms with Crippen LogP contribution in [0, 0.1) is 0 Å². The van der Waals surface area contributed by atoms with Gasteiger partial charge in [0.1, 0.15) is 0 Å². The zero-order valence-electron chi connectivity index (χ0n) is 12.6. The van der Waals surface area contributed by atoms with Crippen LogP contribution in [0.5, 0.6) is 0 Å². The number of nitrogens with zero attached hydrogens (tertiary/aromatic N) is 2. The van der Waals surface area contributed by atoms with Gasteiger partial charge in [-0.15, -0.1) is 0 Å². The molecular formula is C14H28N2OSi. The first-order valence-electron chi connectivity index (χ1n) is 6.93. The molecule has 4 heteroatoms. The summed E-state index contributed by atoms with van der Waals surface area (Å²) in [5.74, 6) is 0. The molecule has 0 aromatic carbocycles. The van der Waals surface area contributed by atoms with Crippen LogP contribution >= 0.6 is 0 Å². The first kappa shape index (κ1) is 15.4. The van der Waals surface area contributed by atoms with E-state index in [-0.39, 0.29) is 0 Å². The molecule has 1 aromatic rings. The summed E-state index contributed by atoms with van der Waals surface area (Å²) in [5.41, 5.74) is 0. The van der Waals surface area contributed by atoms with Crippen molar-refractivity contribution in [2.45, 2.75) is 64.7 Å². The van der Waals surface area contributed by atoms with Crippen LogP contribution in [0.2, 0.25) is 18.1 Å². The summed E-state index contributed by atoms with van der Waals surface area (Å²) in [6.07, 6.45) is 9.34. The van der Waals surface area contributed by atoms with Gasteiger partial charge in [-0.05, 0) is 37.4 Å². The molecule has 0 atom stereocenters. The average Bonchev–Trinajstić information content (AvgIpc) is 2.74. The lowest BCUT2D eigenvalue weighted by molar-refractivity contribution is 0.277. The molecule has 1 rings (SSSR count). The lowest BCUT2D eigenvalue weighted by Gasteiger charge is -2.36. The Bertz CT molecular complexity index is 328. The van der Waals surface area contributed by atoms with Gasteiger partial charge in [0.05, 0.1) is 6.33 Å². The van der Waals surface area contributed by atoms with Crippen LogP contribution < -0.4 is 0 Å².